The van der Waals surface area contributed by atoms with Gasteiger partial charge in [-0.1, -0.05) is 25.1 Å². The van der Waals surface area contributed by atoms with Crippen LogP contribution in [-0.4, -0.2) is 27.1 Å². The van der Waals surface area contributed by atoms with E-state index in [0.717, 1.165) is 11.6 Å². The van der Waals surface area contributed by atoms with Gasteiger partial charge in [0.1, 0.15) is 10.6 Å². The van der Waals surface area contributed by atoms with Gasteiger partial charge in [-0.15, -0.1) is 0 Å². The Morgan fingerprint density at radius 2 is 1.80 bits per heavy atom. The van der Waals surface area contributed by atoms with Gasteiger partial charge in [-0.05, 0) is 36.1 Å². The molecule has 7 nitrogen and oxygen atoms in total. The number of nitro benzene ring substituents is 1. The van der Waals surface area contributed by atoms with Crippen LogP contribution in [-0.2, 0) is 27.7 Å². The Balaban J connectivity index is 2.29. The van der Waals surface area contributed by atoms with Crippen LogP contribution in [0.5, 0.6) is 5.75 Å². The fourth-order valence-electron chi connectivity index (χ4n) is 2.28. The van der Waals surface area contributed by atoms with Gasteiger partial charge in [-0.25, -0.2) is 0 Å². The lowest BCUT2D eigenvalue weighted by Gasteiger charge is -2.11. The van der Waals surface area contributed by atoms with Crippen LogP contribution in [0.25, 0.3) is 0 Å². The van der Waals surface area contributed by atoms with Crippen LogP contribution in [0.15, 0.2) is 47.4 Å². The average Bonchev–Trinajstić information content (AvgIpc) is 2.60. The van der Waals surface area contributed by atoms with E-state index in [1.54, 1.807) is 38.3 Å². The number of methoxy groups -OCH3 is 1. The van der Waals surface area contributed by atoms with Crippen molar-refractivity contribution in [2.45, 2.75) is 24.7 Å². The lowest BCUT2D eigenvalue weighted by atomic mass is 10.1. The Morgan fingerprint density at radius 3 is 2.36 bits per heavy atom. The fraction of sp³-hybridized carbons (Fsp3) is 0.294. The molecule has 2 rings (SSSR count). The summed E-state index contributed by atoms with van der Waals surface area (Å²) < 4.78 is 35.2. The van der Waals surface area contributed by atoms with Crippen LogP contribution in [0.3, 0.4) is 0 Å². The Labute approximate surface area is 146 Å². The fourth-order valence-corrected chi connectivity index (χ4v) is 3.54. The van der Waals surface area contributed by atoms with Crippen LogP contribution < -0.4 is 4.18 Å². The van der Waals surface area contributed by atoms with Crippen molar-refractivity contribution in [2.24, 2.45) is 0 Å². The molecular weight excluding hydrogens is 346 g/mol. The van der Waals surface area contributed by atoms with Gasteiger partial charge in [0.25, 0.3) is 5.69 Å². The highest BCUT2D eigenvalue weighted by molar-refractivity contribution is 7.87. The second-order valence-corrected chi connectivity index (χ2v) is 6.84. The Kier molecular flexibility index (Phi) is 6.11. The van der Waals surface area contributed by atoms with Crippen LogP contribution in [0, 0.1) is 10.1 Å². The summed E-state index contributed by atoms with van der Waals surface area (Å²) in [5.74, 6) is 0.148. The van der Waals surface area contributed by atoms with Crippen LogP contribution in [0.2, 0.25) is 0 Å². The number of hydrogen-bond donors (Lipinski definition) is 0. The topological polar surface area (TPSA) is 95.7 Å². The normalized spacial score (nSPS) is 11.3. The summed E-state index contributed by atoms with van der Waals surface area (Å²) in [7, 11) is -2.57. The van der Waals surface area contributed by atoms with E-state index in [-0.39, 0.29) is 16.3 Å². The van der Waals surface area contributed by atoms with E-state index in [1.165, 1.54) is 12.1 Å². The molecule has 2 aromatic carbocycles. The largest absolute Gasteiger partial charge is 0.384 e. The minimum absolute atomic E-state index is 0.148. The monoisotopic (exact) mass is 365 g/mol. The van der Waals surface area contributed by atoms with Crippen molar-refractivity contribution in [1.29, 1.82) is 0 Å². The first-order valence-corrected chi connectivity index (χ1v) is 9.08. The Bertz CT molecular complexity index is 846. The maximum Gasteiger partial charge on any atom is 0.339 e. The molecule has 134 valence electrons. The van der Waals surface area contributed by atoms with Gasteiger partial charge in [-0.3, -0.25) is 10.1 Å². The molecule has 0 fully saturated rings. The Morgan fingerprint density at radius 1 is 1.12 bits per heavy atom. The molecule has 0 aliphatic heterocycles. The highest BCUT2D eigenvalue weighted by Gasteiger charge is 2.23. The van der Waals surface area contributed by atoms with Gasteiger partial charge >= 0.3 is 10.1 Å². The molecule has 0 bridgehead atoms. The van der Waals surface area contributed by atoms with Crippen molar-refractivity contribution < 1.29 is 22.3 Å². The van der Waals surface area contributed by atoms with Crippen LogP contribution in [0.4, 0.5) is 5.69 Å². The molecule has 0 heterocycles. The van der Waals surface area contributed by atoms with Crippen molar-refractivity contribution in [2.75, 3.05) is 13.7 Å². The predicted molar refractivity (Wildman–Crippen MR) is 92.3 cm³/mol. The molecule has 0 aliphatic carbocycles. The molecule has 0 aliphatic rings. The zero-order chi connectivity index (χ0) is 18.4. The molecule has 8 heteroatoms. The van der Waals surface area contributed by atoms with Gasteiger partial charge < -0.3 is 8.92 Å². The quantitative estimate of drug-likeness (QED) is 0.405. The SMILES string of the molecule is CCc1ccc([N+](=O)[O-])cc1S(=O)(=O)Oc1ccc(CCOC)cc1. The first-order valence-electron chi connectivity index (χ1n) is 7.67. The first kappa shape index (κ1) is 18.9. The van der Waals surface area contributed by atoms with Gasteiger partial charge in [0.2, 0.25) is 0 Å². The minimum atomic E-state index is -4.17. The first-order chi connectivity index (χ1) is 11.9. The van der Waals surface area contributed by atoms with E-state index in [4.69, 9.17) is 8.92 Å². The van der Waals surface area contributed by atoms with E-state index >= 15 is 0 Å². The second-order valence-electron chi connectivity index (χ2n) is 5.33. The van der Waals surface area contributed by atoms with Gasteiger partial charge in [0, 0.05) is 19.2 Å². The Hall–Kier alpha value is -2.45. The van der Waals surface area contributed by atoms with Crippen molar-refractivity contribution in [3.8, 4) is 5.75 Å². The van der Waals surface area contributed by atoms with Crippen molar-refractivity contribution >= 4 is 15.8 Å². The molecule has 0 aromatic heterocycles. The average molecular weight is 365 g/mol. The molecule has 2 aromatic rings. The summed E-state index contributed by atoms with van der Waals surface area (Å²) in [6, 6.07) is 10.3. The van der Waals surface area contributed by atoms with E-state index in [9.17, 15) is 18.5 Å². The van der Waals surface area contributed by atoms with Crippen molar-refractivity contribution in [1.82, 2.24) is 0 Å². The van der Waals surface area contributed by atoms with Crippen LogP contribution >= 0.6 is 0 Å². The van der Waals surface area contributed by atoms with E-state index in [1.807, 2.05) is 0 Å². The van der Waals surface area contributed by atoms with E-state index < -0.39 is 15.0 Å². The minimum Gasteiger partial charge on any atom is -0.384 e. The third kappa shape index (κ3) is 4.77. The molecule has 25 heavy (non-hydrogen) atoms. The van der Waals surface area contributed by atoms with Gasteiger partial charge in [0.05, 0.1) is 11.5 Å². The molecule has 0 spiro atoms. The lowest BCUT2D eigenvalue weighted by Crippen LogP contribution is -2.12. The highest BCUT2D eigenvalue weighted by atomic mass is 32.2. The van der Waals surface area contributed by atoms with E-state index in [2.05, 4.69) is 0 Å². The number of benzene rings is 2. The number of nitrogens with zero attached hydrogens (tertiary/aromatic N) is 1. The summed E-state index contributed by atoms with van der Waals surface area (Å²) in [5, 5.41) is 10.9. The van der Waals surface area contributed by atoms with Gasteiger partial charge in [-0.2, -0.15) is 8.42 Å². The van der Waals surface area contributed by atoms with Gasteiger partial charge in [0.15, 0.2) is 0 Å². The number of nitro groups is 1. The number of aryl methyl sites for hydroxylation is 1. The lowest BCUT2D eigenvalue weighted by molar-refractivity contribution is -0.385. The number of non-ortho nitro benzene ring substituents is 1. The summed E-state index contributed by atoms with van der Waals surface area (Å²) >= 11 is 0. The predicted octanol–water partition coefficient (Wildman–Crippen LogP) is 3.11. The highest BCUT2D eigenvalue weighted by Crippen LogP contribution is 2.26. The molecule has 0 radical (unpaired) electrons. The summed E-state index contributed by atoms with van der Waals surface area (Å²) in [5.41, 5.74) is 1.15. The second kappa shape index (κ2) is 8.09. The summed E-state index contributed by atoms with van der Waals surface area (Å²) in [4.78, 5) is 10.1. The maximum atomic E-state index is 12.5. The summed E-state index contributed by atoms with van der Waals surface area (Å²) in [6.45, 7) is 2.33. The van der Waals surface area contributed by atoms with E-state index in [0.29, 0.717) is 25.0 Å². The zero-order valence-electron chi connectivity index (χ0n) is 14.0. The number of rotatable bonds is 8. The molecule has 0 saturated carbocycles. The van der Waals surface area contributed by atoms with Crippen LogP contribution in [0.1, 0.15) is 18.1 Å². The van der Waals surface area contributed by atoms with Crippen molar-refractivity contribution in [3.63, 3.8) is 0 Å². The molecular formula is C17H19NO6S. The third-order valence-corrected chi connectivity index (χ3v) is 4.97. The standard InChI is InChI=1S/C17H19NO6S/c1-3-14-6-7-15(18(19)20)12-17(14)25(21,22)24-16-8-4-13(5-9-16)10-11-23-2/h4-9,12H,3,10-11H2,1-2H3. The maximum absolute atomic E-state index is 12.5. The zero-order valence-corrected chi connectivity index (χ0v) is 14.8. The molecule has 0 amide bonds. The molecule has 0 unspecified atom stereocenters. The molecule has 0 N–H and O–H groups in total. The molecule has 0 saturated heterocycles. The smallest absolute Gasteiger partial charge is 0.339 e. The third-order valence-electron chi connectivity index (χ3n) is 3.64. The number of hydrogen-bond acceptors (Lipinski definition) is 6. The molecule has 0 atom stereocenters. The van der Waals surface area contributed by atoms with Crippen molar-refractivity contribution in [3.05, 3.63) is 63.7 Å². The summed E-state index contributed by atoms with van der Waals surface area (Å²) in [6.07, 6.45) is 1.11. The number of ether oxygens (including phenoxy) is 1.